The van der Waals surface area contributed by atoms with Gasteiger partial charge in [0.1, 0.15) is 0 Å². The third-order valence-electron chi connectivity index (χ3n) is 2.62. The van der Waals surface area contributed by atoms with Crippen molar-refractivity contribution in [3.63, 3.8) is 0 Å². The molecule has 0 aliphatic heterocycles. The summed E-state index contributed by atoms with van der Waals surface area (Å²) in [4.78, 5) is 0.180. The summed E-state index contributed by atoms with van der Waals surface area (Å²) in [5.41, 5.74) is 6.91. The second-order valence-electron chi connectivity index (χ2n) is 4.85. The van der Waals surface area contributed by atoms with E-state index in [1.807, 2.05) is 0 Å². The van der Waals surface area contributed by atoms with Crippen LogP contribution < -0.4 is 15.8 Å². The van der Waals surface area contributed by atoms with Gasteiger partial charge in [0, 0.05) is 13.2 Å². The van der Waals surface area contributed by atoms with Crippen molar-refractivity contribution in [3.8, 4) is 0 Å². The molecule has 1 aromatic rings. The molecule has 20 heavy (non-hydrogen) atoms. The Kier molecular flexibility index (Phi) is 6.25. The lowest BCUT2D eigenvalue weighted by Gasteiger charge is -2.12. The number of nitrogens with two attached hydrogens (primary N) is 1. The van der Waals surface area contributed by atoms with Crippen molar-refractivity contribution in [2.75, 3.05) is 37.9 Å². The average Bonchev–Trinajstić information content (AvgIpc) is 2.39. The van der Waals surface area contributed by atoms with Gasteiger partial charge in [0.05, 0.1) is 22.9 Å². The van der Waals surface area contributed by atoms with Gasteiger partial charge in [-0.2, -0.15) is 0 Å². The van der Waals surface area contributed by atoms with E-state index >= 15 is 0 Å². The van der Waals surface area contributed by atoms with Crippen LogP contribution in [0, 0.1) is 5.92 Å². The number of sulfonamides is 1. The molecule has 114 valence electrons. The second-order valence-corrected chi connectivity index (χ2v) is 6.74. The number of ether oxygens (including phenoxy) is 1. The molecule has 0 bridgehead atoms. The number of anilines is 2. The molecule has 0 aliphatic rings. The summed E-state index contributed by atoms with van der Waals surface area (Å²) in [6.45, 7) is 5.97. The molecular formula is C13H23N3O3S. The minimum atomic E-state index is -3.46. The number of rotatable bonds is 8. The molecule has 0 spiro atoms. The molecule has 0 heterocycles. The largest absolute Gasteiger partial charge is 0.397 e. The van der Waals surface area contributed by atoms with Crippen LogP contribution in [-0.4, -0.2) is 35.2 Å². The Morgan fingerprint density at radius 2 is 2.05 bits per heavy atom. The molecule has 0 aliphatic carbocycles. The van der Waals surface area contributed by atoms with Crippen LogP contribution in [0.25, 0.3) is 0 Å². The summed E-state index contributed by atoms with van der Waals surface area (Å²) in [5, 5.41) is 3.08. The van der Waals surface area contributed by atoms with Gasteiger partial charge in [-0.25, -0.2) is 13.1 Å². The zero-order chi connectivity index (χ0) is 15.2. The third-order valence-corrected chi connectivity index (χ3v) is 4.03. The van der Waals surface area contributed by atoms with Gasteiger partial charge < -0.3 is 15.8 Å². The SMILES string of the molecule is CNS(=O)(=O)c1ccc(N)c(NCCOCC(C)C)c1. The van der Waals surface area contributed by atoms with Gasteiger partial charge in [-0.05, 0) is 31.2 Å². The predicted molar refractivity (Wildman–Crippen MR) is 81.2 cm³/mol. The fraction of sp³-hybridized carbons (Fsp3) is 0.538. The minimum Gasteiger partial charge on any atom is -0.397 e. The summed E-state index contributed by atoms with van der Waals surface area (Å²) in [7, 11) is -2.09. The number of benzene rings is 1. The fourth-order valence-electron chi connectivity index (χ4n) is 1.55. The first kappa shape index (κ1) is 16.7. The van der Waals surface area contributed by atoms with Crippen molar-refractivity contribution in [2.45, 2.75) is 18.7 Å². The first-order valence-corrected chi connectivity index (χ1v) is 8.00. The Labute approximate surface area is 120 Å². The summed E-state index contributed by atoms with van der Waals surface area (Å²) in [6, 6.07) is 4.56. The Balaban J connectivity index is 2.64. The summed E-state index contributed by atoms with van der Waals surface area (Å²) >= 11 is 0. The van der Waals surface area contributed by atoms with Gasteiger partial charge >= 0.3 is 0 Å². The van der Waals surface area contributed by atoms with Crippen LogP contribution in [0.3, 0.4) is 0 Å². The van der Waals surface area contributed by atoms with E-state index in [9.17, 15) is 8.42 Å². The van der Waals surface area contributed by atoms with Crippen molar-refractivity contribution in [2.24, 2.45) is 5.92 Å². The van der Waals surface area contributed by atoms with Crippen LogP contribution in [-0.2, 0) is 14.8 Å². The first-order valence-electron chi connectivity index (χ1n) is 6.51. The smallest absolute Gasteiger partial charge is 0.240 e. The fourth-order valence-corrected chi connectivity index (χ4v) is 2.31. The van der Waals surface area contributed by atoms with Gasteiger partial charge in [-0.15, -0.1) is 0 Å². The van der Waals surface area contributed by atoms with E-state index in [2.05, 4.69) is 23.9 Å². The van der Waals surface area contributed by atoms with Crippen molar-refractivity contribution < 1.29 is 13.2 Å². The Morgan fingerprint density at radius 1 is 1.35 bits per heavy atom. The molecule has 0 aromatic heterocycles. The lowest BCUT2D eigenvalue weighted by molar-refractivity contribution is 0.118. The standard InChI is InChI=1S/C13H23N3O3S/c1-10(2)9-19-7-6-16-13-8-11(4-5-12(13)14)20(17,18)15-3/h4-5,8,10,15-16H,6-7,9,14H2,1-3H3. The van der Waals surface area contributed by atoms with Crippen LogP contribution >= 0.6 is 0 Å². The van der Waals surface area contributed by atoms with E-state index < -0.39 is 10.0 Å². The van der Waals surface area contributed by atoms with Crippen LogP contribution in [0.4, 0.5) is 11.4 Å². The van der Waals surface area contributed by atoms with Crippen molar-refractivity contribution in [1.82, 2.24) is 4.72 Å². The maximum Gasteiger partial charge on any atom is 0.240 e. The van der Waals surface area contributed by atoms with Crippen molar-refractivity contribution >= 4 is 21.4 Å². The van der Waals surface area contributed by atoms with Crippen LogP contribution in [0.2, 0.25) is 0 Å². The van der Waals surface area contributed by atoms with E-state index in [0.717, 1.165) is 0 Å². The molecule has 0 saturated heterocycles. The molecule has 0 unspecified atom stereocenters. The number of hydrogen-bond donors (Lipinski definition) is 3. The molecule has 0 atom stereocenters. The maximum absolute atomic E-state index is 11.7. The second kappa shape index (κ2) is 7.47. The highest BCUT2D eigenvalue weighted by Crippen LogP contribution is 2.22. The maximum atomic E-state index is 11.7. The number of nitrogen functional groups attached to an aromatic ring is 1. The quantitative estimate of drug-likeness (QED) is 0.496. The number of hydrogen-bond acceptors (Lipinski definition) is 5. The van der Waals surface area contributed by atoms with Gasteiger partial charge in [-0.1, -0.05) is 13.8 Å². The zero-order valence-electron chi connectivity index (χ0n) is 12.1. The highest BCUT2D eigenvalue weighted by molar-refractivity contribution is 7.89. The summed E-state index contributed by atoms with van der Waals surface area (Å²) < 4.78 is 31.1. The molecule has 4 N–H and O–H groups in total. The van der Waals surface area contributed by atoms with Gasteiger partial charge in [0.2, 0.25) is 10.0 Å². The van der Waals surface area contributed by atoms with Gasteiger partial charge in [0.25, 0.3) is 0 Å². The highest BCUT2D eigenvalue weighted by atomic mass is 32.2. The predicted octanol–water partition coefficient (Wildman–Crippen LogP) is 1.26. The zero-order valence-corrected chi connectivity index (χ0v) is 13.0. The van der Waals surface area contributed by atoms with Crippen LogP contribution in [0.5, 0.6) is 0 Å². The molecule has 7 heteroatoms. The molecule has 1 rings (SSSR count). The normalized spacial score (nSPS) is 11.8. The number of nitrogens with one attached hydrogen (secondary N) is 2. The molecular weight excluding hydrogens is 278 g/mol. The molecule has 6 nitrogen and oxygen atoms in total. The molecule has 0 radical (unpaired) electrons. The molecule has 0 amide bonds. The monoisotopic (exact) mass is 301 g/mol. The Morgan fingerprint density at radius 3 is 2.65 bits per heavy atom. The summed E-state index contributed by atoms with van der Waals surface area (Å²) in [6.07, 6.45) is 0. The summed E-state index contributed by atoms with van der Waals surface area (Å²) in [5.74, 6) is 0.490. The molecule has 0 saturated carbocycles. The van der Waals surface area contributed by atoms with E-state index in [0.29, 0.717) is 37.1 Å². The molecule has 0 fully saturated rings. The minimum absolute atomic E-state index is 0.180. The highest BCUT2D eigenvalue weighted by Gasteiger charge is 2.12. The van der Waals surface area contributed by atoms with E-state index in [1.54, 1.807) is 6.07 Å². The third kappa shape index (κ3) is 4.99. The van der Waals surface area contributed by atoms with Crippen LogP contribution in [0.1, 0.15) is 13.8 Å². The van der Waals surface area contributed by atoms with Crippen molar-refractivity contribution in [3.05, 3.63) is 18.2 Å². The topological polar surface area (TPSA) is 93.5 Å². The first-order chi connectivity index (χ1) is 9.36. The van der Waals surface area contributed by atoms with E-state index in [4.69, 9.17) is 10.5 Å². The lowest BCUT2D eigenvalue weighted by atomic mass is 10.2. The van der Waals surface area contributed by atoms with Gasteiger partial charge in [-0.3, -0.25) is 0 Å². The van der Waals surface area contributed by atoms with Crippen LogP contribution in [0.15, 0.2) is 23.1 Å². The average molecular weight is 301 g/mol. The lowest BCUT2D eigenvalue weighted by Crippen LogP contribution is -2.19. The Hall–Kier alpha value is -1.31. The van der Waals surface area contributed by atoms with Crippen molar-refractivity contribution in [1.29, 1.82) is 0 Å². The molecule has 1 aromatic carbocycles. The van der Waals surface area contributed by atoms with Gasteiger partial charge in [0.15, 0.2) is 0 Å². The Bertz CT molecular complexity index is 530. The van der Waals surface area contributed by atoms with E-state index in [-0.39, 0.29) is 4.90 Å². The van der Waals surface area contributed by atoms with E-state index in [1.165, 1.54) is 19.2 Å².